The number of aromatic nitrogens is 1. The number of aliphatic hydroxyl groups excluding tert-OH is 2. The monoisotopic (exact) mass is 250 g/mol. The Morgan fingerprint density at radius 2 is 1.89 bits per heavy atom. The maximum absolute atomic E-state index is 12.3. The third-order valence-corrected chi connectivity index (χ3v) is 4.01. The van der Waals surface area contributed by atoms with Gasteiger partial charge in [0.2, 0.25) is 0 Å². The van der Waals surface area contributed by atoms with E-state index in [1.807, 2.05) is 22.9 Å². The van der Waals surface area contributed by atoms with Crippen LogP contribution in [0.3, 0.4) is 0 Å². The second-order valence-electron chi connectivity index (χ2n) is 5.23. The number of carbonyl (C=O) groups excluding carboxylic acids is 1. The summed E-state index contributed by atoms with van der Waals surface area (Å²) in [6.45, 7) is 0.436. The Hall–Kier alpha value is -1.33. The minimum atomic E-state index is -0.818. The molecule has 98 valence electrons. The zero-order chi connectivity index (χ0) is 12.7. The highest BCUT2D eigenvalue weighted by atomic mass is 16.3. The van der Waals surface area contributed by atoms with Crippen molar-refractivity contribution in [3.63, 3.8) is 0 Å². The summed E-state index contributed by atoms with van der Waals surface area (Å²) >= 11 is 0. The van der Waals surface area contributed by atoms with Crippen molar-refractivity contribution in [3.05, 3.63) is 24.0 Å². The van der Waals surface area contributed by atoms with E-state index < -0.39 is 12.2 Å². The lowest BCUT2D eigenvalue weighted by atomic mass is 9.93. The molecule has 2 aliphatic rings. The summed E-state index contributed by atoms with van der Waals surface area (Å²) in [6.07, 6.45) is 3.78. The van der Waals surface area contributed by atoms with E-state index >= 15 is 0 Å². The van der Waals surface area contributed by atoms with E-state index in [2.05, 4.69) is 0 Å². The van der Waals surface area contributed by atoms with E-state index in [0.29, 0.717) is 11.7 Å². The Morgan fingerprint density at radius 3 is 2.44 bits per heavy atom. The van der Waals surface area contributed by atoms with Crippen molar-refractivity contribution in [2.45, 2.75) is 37.5 Å². The van der Waals surface area contributed by atoms with Crippen LogP contribution in [0.4, 0.5) is 0 Å². The van der Waals surface area contributed by atoms with Gasteiger partial charge in [-0.1, -0.05) is 0 Å². The fraction of sp³-hybridized carbons (Fsp3) is 0.615. The fourth-order valence-electron chi connectivity index (χ4n) is 2.66. The third-order valence-electron chi connectivity index (χ3n) is 4.01. The second kappa shape index (κ2) is 4.40. The molecule has 1 aliphatic heterocycles. The molecule has 1 amide bonds. The number of aliphatic hydroxyl groups is 2. The molecule has 3 rings (SSSR count). The molecule has 2 heterocycles. The van der Waals surface area contributed by atoms with Gasteiger partial charge in [0.05, 0.1) is 12.2 Å². The van der Waals surface area contributed by atoms with Gasteiger partial charge in [-0.25, -0.2) is 0 Å². The molecule has 5 nitrogen and oxygen atoms in total. The quantitative estimate of drug-likeness (QED) is 0.798. The first-order valence-electron chi connectivity index (χ1n) is 6.49. The maximum Gasteiger partial charge on any atom is 0.270 e. The number of hydrogen-bond donors (Lipinski definition) is 2. The van der Waals surface area contributed by atoms with Crippen LogP contribution < -0.4 is 0 Å². The molecule has 0 unspecified atom stereocenters. The van der Waals surface area contributed by atoms with E-state index in [-0.39, 0.29) is 19.0 Å². The van der Waals surface area contributed by atoms with Crippen molar-refractivity contribution in [1.29, 1.82) is 0 Å². The lowest BCUT2D eigenvalue weighted by Crippen LogP contribution is -2.32. The van der Waals surface area contributed by atoms with Crippen LogP contribution in [-0.2, 0) is 0 Å². The SMILES string of the molecule is O=C(c1cccn1C1CCC1)N1C[C@@H](O)[C@@H](O)C1. The van der Waals surface area contributed by atoms with Gasteiger partial charge in [-0.3, -0.25) is 4.79 Å². The normalized spacial score (nSPS) is 28.4. The van der Waals surface area contributed by atoms with Crippen molar-refractivity contribution in [2.75, 3.05) is 13.1 Å². The third kappa shape index (κ3) is 1.83. The van der Waals surface area contributed by atoms with Crippen LogP contribution in [0.1, 0.15) is 35.8 Å². The van der Waals surface area contributed by atoms with Gasteiger partial charge < -0.3 is 19.7 Å². The number of β-amino-alcohol motifs (C(OH)–C–C–N with tert-alkyl or cyclic N) is 2. The lowest BCUT2D eigenvalue weighted by molar-refractivity contribution is 0.0572. The Kier molecular flexibility index (Phi) is 2.87. The van der Waals surface area contributed by atoms with Gasteiger partial charge in [0, 0.05) is 25.3 Å². The molecule has 2 fully saturated rings. The Labute approximate surface area is 106 Å². The van der Waals surface area contributed by atoms with Gasteiger partial charge in [0.25, 0.3) is 5.91 Å². The Morgan fingerprint density at radius 1 is 1.22 bits per heavy atom. The molecule has 1 aromatic rings. The van der Waals surface area contributed by atoms with Gasteiger partial charge in [-0.05, 0) is 31.4 Å². The van der Waals surface area contributed by atoms with E-state index in [1.54, 1.807) is 0 Å². The molecule has 0 radical (unpaired) electrons. The van der Waals surface area contributed by atoms with Crippen LogP contribution in [0, 0.1) is 0 Å². The number of nitrogens with zero attached hydrogens (tertiary/aromatic N) is 2. The molecular weight excluding hydrogens is 232 g/mol. The van der Waals surface area contributed by atoms with E-state index in [9.17, 15) is 15.0 Å². The van der Waals surface area contributed by atoms with Crippen LogP contribution in [0.25, 0.3) is 0 Å². The highest BCUT2D eigenvalue weighted by Gasteiger charge is 2.34. The van der Waals surface area contributed by atoms with Gasteiger partial charge in [-0.2, -0.15) is 0 Å². The molecule has 0 bridgehead atoms. The minimum absolute atomic E-state index is 0.0949. The number of carbonyl (C=O) groups is 1. The number of amides is 1. The first kappa shape index (κ1) is 11.7. The summed E-state index contributed by atoms with van der Waals surface area (Å²) in [5, 5.41) is 19.0. The summed E-state index contributed by atoms with van der Waals surface area (Å²) in [5.41, 5.74) is 0.668. The highest BCUT2D eigenvalue weighted by molar-refractivity contribution is 5.93. The summed E-state index contributed by atoms with van der Waals surface area (Å²) in [5.74, 6) is -0.0949. The lowest BCUT2D eigenvalue weighted by Gasteiger charge is -2.29. The van der Waals surface area contributed by atoms with E-state index in [0.717, 1.165) is 12.8 Å². The smallest absolute Gasteiger partial charge is 0.270 e. The summed E-state index contributed by atoms with van der Waals surface area (Å²) in [6, 6.07) is 4.14. The van der Waals surface area contributed by atoms with Crippen molar-refractivity contribution < 1.29 is 15.0 Å². The van der Waals surface area contributed by atoms with Crippen LogP contribution in [0.15, 0.2) is 18.3 Å². The molecule has 1 saturated heterocycles. The standard InChI is InChI=1S/C13H18N2O3/c16-11-7-14(8-12(11)17)13(18)10-5-2-6-15(10)9-3-1-4-9/h2,5-6,9,11-12,16-17H,1,3-4,7-8H2/t11-,12+. The van der Waals surface area contributed by atoms with Crippen molar-refractivity contribution in [1.82, 2.24) is 9.47 Å². The predicted molar refractivity (Wildman–Crippen MR) is 65.2 cm³/mol. The fourth-order valence-corrected chi connectivity index (χ4v) is 2.66. The molecule has 1 aromatic heterocycles. The molecular formula is C13H18N2O3. The molecule has 5 heteroatoms. The summed E-state index contributed by atoms with van der Waals surface area (Å²) in [7, 11) is 0. The largest absolute Gasteiger partial charge is 0.388 e. The molecule has 18 heavy (non-hydrogen) atoms. The Balaban J connectivity index is 1.78. The molecule has 0 spiro atoms. The first-order chi connectivity index (χ1) is 8.66. The highest BCUT2D eigenvalue weighted by Crippen LogP contribution is 2.33. The van der Waals surface area contributed by atoms with Gasteiger partial charge in [0.1, 0.15) is 5.69 Å². The van der Waals surface area contributed by atoms with Crippen molar-refractivity contribution >= 4 is 5.91 Å². The van der Waals surface area contributed by atoms with Gasteiger partial charge in [-0.15, -0.1) is 0 Å². The van der Waals surface area contributed by atoms with Crippen molar-refractivity contribution in [2.24, 2.45) is 0 Å². The predicted octanol–water partition coefficient (Wildman–Crippen LogP) is 0.391. The molecule has 2 atom stereocenters. The van der Waals surface area contributed by atoms with E-state index in [4.69, 9.17) is 0 Å². The van der Waals surface area contributed by atoms with Gasteiger partial charge >= 0.3 is 0 Å². The molecule has 2 N–H and O–H groups in total. The summed E-state index contributed by atoms with van der Waals surface area (Å²) in [4.78, 5) is 13.9. The zero-order valence-electron chi connectivity index (χ0n) is 10.2. The first-order valence-corrected chi connectivity index (χ1v) is 6.49. The van der Waals surface area contributed by atoms with Crippen LogP contribution >= 0.6 is 0 Å². The average Bonchev–Trinajstić information content (AvgIpc) is 2.84. The van der Waals surface area contributed by atoms with Crippen molar-refractivity contribution in [3.8, 4) is 0 Å². The Bertz CT molecular complexity index is 443. The maximum atomic E-state index is 12.3. The van der Waals surface area contributed by atoms with Crippen LogP contribution in [-0.4, -0.2) is 50.9 Å². The molecule has 1 saturated carbocycles. The zero-order valence-corrected chi connectivity index (χ0v) is 10.2. The molecule has 1 aliphatic carbocycles. The number of hydrogen-bond acceptors (Lipinski definition) is 3. The van der Waals surface area contributed by atoms with E-state index in [1.165, 1.54) is 11.3 Å². The second-order valence-corrected chi connectivity index (χ2v) is 5.23. The van der Waals surface area contributed by atoms with Gasteiger partial charge in [0.15, 0.2) is 0 Å². The minimum Gasteiger partial charge on any atom is -0.388 e. The van der Waals surface area contributed by atoms with Crippen LogP contribution in [0.5, 0.6) is 0 Å². The van der Waals surface area contributed by atoms with Crippen LogP contribution in [0.2, 0.25) is 0 Å². The number of likely N-dealkylation sites (tertiary alicyclic amines) is 1. The average molecular weight is 250 g/mol. The number of rotatable bonds is 2. The topological polar surface area (TPSA) is 65.7 Å². The summed E-state index contributed by atoms with van der Waals surface area (Å²) < 4.78 is 2.03. The molecule has 0 aromatic carbocycles.